The fraction of sp³-hybridized carbons (Fsp3) is 0.500. The maximum absolute atomic E-state index is 12.2. The molecule has 0 unspecified atom stereocenters. The molecule has 29 heavy (non-hydrogen) atoms. The molecule has 2 aromatic rings. The Morgan fingerprint density at radius 3 is 2.83 bits per heavy atom. The van der Waals surface area contributed by atoms with E-state index in [1.54, 1.807) is 18.4 Å². The molecule has 1 aliphatic carbocycles. The molecule has 0 atom stereocenters. The van der Waals surface area contributed by atoms with Crippen molar-refractivity contribution in [2.24, 2.45) is 11.8 Å². The molecule has 0 radical (unpaired) electrons. The second-order valence-corrected chi connectivity index (χ2v) is 9.96. The lowest BCUT2D eigenvalue weighted by molar-refractivity contribution is -0.134. The zero-order chi connectivity index (χ0) is 20.8. The van der Waals surface area contributed by atoms with Crippen LogP contribution in [0, 0.1) is 11.8 Å². The van der Waals surface area contributed by atoms with E-state index in [1.165, 1.54) is 0 Å². The number of H-pyrrole nitrogens is 1. The van der Waals surface area contributed by atoms with Gasteiger partial charge in [-0.2, -0.15) is 13.2 Å². The lowest BCUT2D eigenvalue weighted by Crippen LogP contribution is -2.34. The van der Waals surface area contributed by atoms with Crippen LogP contribution in [0.4, 0.5) is 13.2 Å². The van der Waals surface area contributed by atoms with Crippen LogP contribution < -0.4 is 4.65 Å². The molecule has 2 aliphatic rings. The first-order valence-electron chi connectivity index (χ1n) is 9.41. The molecule has 0 saturated heterocycles. The van der Waals surface area contributed by atoms with Crippen molar-refractivity contribution in [3.63, 3.8) is 0 Å². The number of rotatable bonds is 6. The van der Waals surface area contributed by atoms with Gasteiger partial charge < -0.3 is 14.7 Å². The Bertz CT molecular complexity index is 1050. The number of halogens is 3. The van der Waals surface area contributed by atoms with E-state index in [0.29, 0.717) is 24.2 Å². The molecule has 1 fully saturated rings. The van der Waals surface area contributed by atoms with E-state index in [-0.39, 0.29) is 17.6 Å². The third-order valence-corrected chi connectivity index (χ3v) is 7.38. The smallest absolute Gasteiger partial charge is 0.531 e. The van der Waals surface area contributed by atoms with Crippen molar-refractivity contribution < 1.29 is 31.3 Å². The zero-order valence-corrected chi connectivity index (χ0v) is 16.3. The third-order valence-electron chi connectivity index (χ3n) is 5.49. The summed E-state index contributed by atoms with van der Waals surface area (Å²) in [5.41, 5.74) is 2.44. The van der Waals surface area contributed by atoms with E-state index < -0.39 is 41.7 Å². The monoisotopic (exact) mass is 428 g/mol. The van der Waals surface area contributed by atoms with Gasteiger partial charge in [0, 0.05) is 23.6 Å². The predicted molar refractivity (Wildman–Crippen MR) is 103 cm³/mol. The van der Waals surface area contributed by atoms with Crippen LogP contribution in [-0.2, 0) is 9.84 Å². The van der Waals surface area contributed by atoms with Crippen molar-refractivity contribution in [2.75, 3.05) is 11.5 Å². The summed E-state index contributed by atoms with van der Waals surface area (Å²) in [6, 6.07) is 1.87. The molecule has 6 nitrogen and oxygen atoms in total. The number of aromatic amines is 1. The number of nitrogens with one attached hydrogen (secondary N) is 1. The largest absolute Gasteiger partial charge is 0.552 e. The summed E-state index contributed by atoms with van der Waals surface area (Å²) in [5, 5.41) is 10.9. The van der Waals surface area contributed by atoms with Gasteiger partial charge >= 0.3 is 13.3 Å². The number of allylic oxidation sites excluding steroid dienone is 1. The highest BCUT2D eigenvalue weighted by Gasteiger charge is 2.39. The normalized spacial score (nSPS) is 22.1. The summed E-state index contributed by atoms with van der Waals surface area (Å²) in [4.78, 5) is 7.29. The van der Waals surface area contributed by atoms with Crippen molar-refractivity contribution in [3.8, 4) is 5.75 Å². The zero-order valence-electron chi connectivity index (χ0n) is 15.4. The van der Waals surface area contributed by atoms with Gasteiger partial charge in [0.1, 0.15) is 11.4 Å². The van der Waals surface area contributed by atoms with Crippen LogP contribution in [0.15, 0.2) is 24.4 Å². The second kappa shape index (κ2) is 7.35. The van der Waals surface area contributed by atoms with Crippen molar-refractivity contribution >= 4 is 33.6 Å². The second-order valence-electron chi connectivity index (χ2n) is 7.74. The first-order valence-corrected chi connectivity index (χ1v) is 11.2. The Labute approximate surface area is 166 Å². The van der Waals surface area contributed by atoms with Crippen LogP contribution in [0.25, 0.3) is 16.6 Å². The molecule has 3 heterocycles. The molecule has 2 aromatic heterocycles. The summed E-state index contributed by atoms with van der Waals surface area (Å²) in [6.45, 7) is 0. The number of nitrogens with zero attached hydrogens (tertiary/aromatic N) is 1. The highest BCUT2D eigenvalue weighted by atomic mass is 32.2. The molecule has 11 heteroatoms. The van der Waals surface area contributed by atoms with Gasteiger partial charge in [-0.15, -0.1) is 0 Å². The van der Waals surface area contributed by atoms with Crippen LogP contribution in [0.5, 0.6) is 5.75 Å². The van der Waals surface area contributed by atoms with E-state index in [9.17, 15) is 26.6 Å². The number of fused-ring (bicyclic) bond motifs is 3. The predicted octanol–water partition coefficient (Wildman–Crippen LogP) is 3.14. The number of pyridine rings is 1. The molecule has 1 saturated carbocycles. The van der Waals surface area contributed by atoms with E-state index >= 15 is 0 Å². The Hall–Kier alpha value is -2.01. The molecular weight excluding hydrogens is 408 g/mol. The van der Waals surface area contributed by atoms with Crippen LogP contribution in [0.2, 0.25) is 0 Å². The Morgan fingerprint density at radius 2 is 2.10 bits per heavy atom. The lowest BCUT2D eigenvalue weighted by atomic mass is 9.66. The van der Waals surface area contributed by atoms with Crippen molar-refractivity contribution in [1.29, 1.82) is 0 Å². The van der Waals surface area contributed by atoms with E-state index in [4.69, 9.17) is 4.65 Å². The average Bonchev–Trinajstić information content (AvgIpc) is 3.04. The van der Waals surface area contributed by atoms with Crippen LogP contribution in [0.3, 0.4) is 0 Å². The molecule has 156 valence electrons. The minimum absolute atomic E-state index is 0.0585. The quantitative estimate of drug-likeness (QED) is 0.690. The fourth-order valence-electron chi connectivity index (χ4n) is 4.18. The van der Waals surface area contributed by atoms with Crippen molar-refractivity contribution in [3.05, 3.63) is 30.0 Å². The topological polar surface area (TPSA) is 92.3 Å². The van der Waals surface area contributed by atoms with Crippen molar-refractivity contribution in [2.45, 2.75) is 31.9 Å². The van der Waals surface area contributed by atoms with Crippen LogP contribution >= 0.6 is 0 Å². The fourth-order valence-corrected chi connectivity index (χ4v) is 5.92. The first-order chi connectivity index (χ1) is 13.6. The summed E-state index contributed by atoms with van der Waals surface area (Å²) in [7, 11) is -4.62. The molecule has 0 amide bonds. The molecule has 4 rings (SSSR count). The van der Waals surface area contributed by atoms with Gasteiger partial charge in [-0.1, -0.05) is 0 Å². The van der Waals surface area contributed by atoms with Crippen LogP contribution in [-0.4, -0.2) is 48.2 Å². The van der Waals surface area contributed by atoms with Crippen molar-refractivity contribution in [1.82, 2.24) is 9.97 Å². The van der Waals surface area contributed by atoms with Gasteiger partial charge in [-0.25, -0.2) is 13.4 Å². The number of hydrogen-bond acceptors (Lipinski definition) is 5. The van der Waals surface area contributed by atoms with Gasteiger partial charge in [0.2, 0.25) is 0 Å². The molecule has 0 spiro atoms. The minimum atomic E-state index is -4.33. The molecule has 0 aromatic carbocycles. The van der Waals surface area contributed by atoms with E-state index in [1.807, 2.05) is 6.07 Å². The number of alkyl halides is 3. The van der Waals surface area contributed by atoms with Gasteiger partial charge in [0.25, 0.3) is 0 Å². The summed E-state index contributed by atoms with van der Waals surface area (Å²) >= 11 is 0. The van der Waals surface area contributed by atoms with Gasteiger partial charge in [-0.05, 0) is 48.7 Å². The van der Waals surface area contributed by atoms with E-state index in [0.717, 1.165) is 16.5 Å². The van der Waals surface area contributed by atoms with Gasteiger partial charge in [-0.3, -0.25) is 0 Å². The molecule has 2 N–H and O–H groups in total. The summed E-state index contributed by atoms with van der Waals surface area (Å²) < 4.78 is 66.4. The maximum atomic E-state index is 12.2. The van der Waals surface area contributed by atoms with Gasteiger partial charge in [0.05, 0.1) is 17.7 Å². The lowest BCUT2D eigenvalue weighted by Gasteiger charge is -2.38. The first kappa shape index (κ1) is 20.3. The Balaban J connectivity index is 1.42. The third kappa shape index (κ3) is 4.45. The average molecular weight is 428 g/mol. The summed E-state index contributed by atoms with van der Waals surface area (Å²) in [5.74, 6) is 1.53. The SMILES string of the molecule is O=S(=O)(CCCC(F)(F)F)CC1CC(C2=CB(O)Oc3cnc4[nH]ccc4c32)C1. The van der Waals surface area contributed by atoms with E-state index in [2.05, 4.69) is 9.97 Å². The standard InChI is InChI=1S/C18H20BF3N2O4S/c20-18(21,22)3-1-5-29(26,27)10-11-6-12(7-11)14-8-19(25)28-15-9-24-17-13(16(14)15)2-4-23-17/h2,4,8-9,11-12,25H,1,3,5-7,10H2,(H,23,24). The Kier molecular flexibility index (Phi) is 5.14. The highest BCUT2D eigenvalue weighted by molar-refractivity contribution is 7.91. The van der Waals surface area contributed by atoms with Crippen LogP contribution in [0.1, 0.15) is 31.2 Å². The highest BCUT2D eigenvalue weighted by Crippen LogP contribution is 2.48. The molecule has 1 aliphatic heterocycles. The minimum Gasteiger partial charge on any atom is -0.531 e. The molecule has 0 bridgehead atoms. The maximum Gasteiger partial charge on any atom is 0.552 e. The number of sulfone groups is 1. The summed E-state index contributed by atoms with van der Waals surface area (Å²) in [6.07, 6.45) is -1.30. The van der Waals surface area contributed by atoms with Gasteiger partial charge in [0.15, 0.2) is 9.84 Å². The number of aromatic nitrogens is 2. The number of hydrogen-bond donors (Lipinski definition) is 2. The Morgan fingerprint density at radius 1 is 1.34 bits per heavy atom. The molecular formula is C18H20BF3N2O4S.